The highest BCUT2D eigenvalue weighted by atomic mass is 32.2. The maximum atomic E-state index is 10.5. The topological polar surface area (TPSA) is 105 Å². The Hall–Kier alpha value is -2.00. The maximum absolute atomic E-state index is 10.5. The Balaban J connectivity index is 0.000000885. The molecule has 0 bridgehead atoms. The van der Waals surface area contributed by atoms with Crippen LogP contribution >= 0.6 is 12.2 Å². The second kappa shape index (κ2) is 10.7. The Kier molecular flexibility index (Phi) is 9.72. The molecule has 1 rings (SSSR count). The van der Waals surface area contributed by atoms with Gasteiger partial charge in [0.25, 0.3) is 0 Å². The maximum Gasteiger partial charge on any atom is 0.316 e. The summed E-state index contributed by atoms with van der Waals surface area (Å²) in [7, 11) is -0.833. The molecule has 0 aliphatic carbocycles. The van der Waals surface area contributed by atoms with Gasteiger partial charge in [0.15, 0.2) is 0 Å². The van der Waals surface area contributed by atoms with Crippen molar-refractivity contribution in [2.24, 2.45) is 4.36 Å². The van der Waals surface area contributed by atoms with Crippen LogP contribution in [0.25, 0.3) is 0 Å². The molecule has 0 spiro atoms. The van der Waals surface area contributed by atoms with E-state index in [1.165, 1.54) is 17.6 Å². The third-order valence-corrected chi connectivity index (χ3v) is 2.55. The number of nitrogens with one attached hydrogen (secondary N) is 1. The molecule has 0 saturated heterocycles. The Bertz CT molecular complexity index is 606. The molecule has 21 heavy (non-hydrogen) atoms. The number of hydrogen-bond acceptors (Lipinski definition) is 6. The highest BCUT2D eigenvalue weighted by Crippen LogP contribution is 2.28. The van der Waals surface area contributed by atoms with Crippen molar-refractivity contribution < 1.29 is 23.1 Å². The summed E-state index contributed by atoms with van der Waals surface area (Å²) in [5.74, 6) is -0.686. The molecule has 0 aromatic heterocycles. The summed E-state index contributed by atoms with van der Waals surface area (Å²) in [6.45, 7) is 2.12. The molecule has 0 amide bonds. The lowest BCUT2D eigenvalue weighted by molar-refractivity contribution is -0.136. The van der Waals surface area contributed by atoms with Crippen LogP contribution in [0.15, 0.2) is 22.6 Å². The van der Waals surface area contributed by atoms with Crippen LogP contribution in [0.3, 0.4) is 0 Å². The third-order valence-electron chi connectivity index (χ3n) is 1.97. The van der Waals surface area contributed by atoms with Crippen LogP contribution in [0.2, 0.25) is 0 Å². The van der Waals surface area contributed by atoms with Gasteiger partial charge in [-0.25, -0.2) is 0 Å². The summed E-state index contributed by atoms with van der Waals surface area (Å²) in [6, 6.07) is 4.45. The molecule has 7 nitrogen and oxygen atoms in total. The Morgan fingerprint density at radius 2 is 2.14 bits per heavy atom. The first-order chi connectivity index (χ1) is 9.94. The van der Waals surface area contributed by atoms with Gasteiger partial charge in [0.1, 0.15) is 11.4 Å². The summed E-state index contributed by atoms with van der Waals surface area (Å²) in [5, 5.41) is 11.2. The molecule has 0 saturated carbocycles. The minimum Gasteiger partial charge on any atom is -0.492 e. The Morgan fingerprint density at radius 3 is 2.57 bits per heavy atom. The third kappa shape index (κ3) is 8.71. The number of carbonyl (C=O) groups is 1. The van der Waals surface area contributed by atoms with Crippen LogP contribution in [0.4, 0.5) is 5.69 Å². The van der Waals surface area contributed by atoms with E-state index in [4.69, 9.17) is 9.84 Å². The predicted molar refractivity (Wildman–Crippen MR) is 82.7 cm³/mol. The van der Waals surface area contributed by atoms with Crippen molar-refractivity contribution in [3.8, 4) is 5.75 Å². The summed E-state index contributed by atoms with van der Waals surface area (Å²) in [4.78, 5) is 10.5. The van der Waals surface area contributed by atoms with E-state index < -0.39 is 16.5 Å². The number of benzene rings is 1. The number of ether oxygens (including phenoxy) is 1. The number of thiocarbonyl (C=S) groups is 1. The summed E-state index contributed by atoms with van der Waals surface area (Å²) >= 11 is 4.32. The Labute approximate surface area is 129 Å². The molecule has 2 N–H and O–H groups in total. The monoisotopic (exact) mass is 332 g/mol. The van der Waals surface area contributed by atoms with Gasteiger partial charge >= 0.3 is 16.5 Å². The molecule has 0 heterocycles. The van der Waals surface area contributed by atoms with Crippen LogP contribution in [0.5, 0.6) is 5.75 Å². The minimum atomic E-state index is -2.60. The van der Waals surface area contributed by atoms with Gasteiger partial charge in [-0.15, -0.1) is 4.36 Å². The van der Waals surface area contributed by atoms with Gasteiger partial charge in [-0.2, -0.15) is 8.42 Å². The standard InChI is InChI=1S/C10H11NO5S.C2H5NS/c1-2-16-9-4-3-7(6-10(12)13)5-8(9)11-17(14)15;1-3-2-4/h3-5H,2,6H2,1H3,(H,12,13);2H,1H3,(H,3,4). The van der Waals surface area contributed by atoms with Gasteiger partial charge in [0, 0.05) is 7.05 Å². The largest absolute Gasteiger partial charge is 0.492 e. The van der Waals surface area contributed by atoms with E-state index in [0.29, 0.717) is 17.9 Å². The van der Waals surface area contributed by atoms with Gasteiger partial charge in [0.2, 0.25) is 0 Å². The van der Waals surface area contributed by atoms with E-state index in [2.05, 4.69) is 21.9 Å². The SMILES string of the molecule is CCOc1ccc(CC(=O)O)cc1N=S(=O)=O.CNC=S. The van der Waals surface area contributed by atoms with Crippen molar-refractivity contribution in [3.05, 3.63) is 23.8 Å². The second-order valence-electron chi connectivity index (χ2n) is 3.52. The fourth-order valence-electron chi connectivity index (χ4n) is 1.28. The molecule has 1 aromatic rings. The van der Waals surface area contributed by atoms with Gasteiger partial charge in [0.05, 0.1) is 18.5 Å². The van der Waals surface area contributed by atoms with E-state index >= 15 is 0 Å². The molecule has 0 fully saturated rings. The number of nitrogens with zero attached hydrogens (tertiary/aromatic N) is 1. The van der Waals surface area contributed by atoms with E-state index in [1.807, 2.05) is 0 Å². The zero-order chi connectivity index (χ0) is 16.3. The number of carboxylic acids is 1. The van der Waals surface area contributed by atoms with E-state index in [0.717, 1.165) is 0 Å². The van der Waals surface area contributed by atoms with Crippen molar-refractivity contribution in [2.45, 2.75) is 13.3 Å². The summed E-state index contributed by atoms with van der Waals surface area (Å²) in [6.07, 6.45) is -0.194. The first-order valence-electron chi connectivity index (χ1n) is 5.84. The number of aliphatic carboxylic acids is 1. The fraction of sp³-hybridized carbons (Fsp3) is 0.333. The summed E-state index contributed by atoms with van der Waals surface area (Å²) in [5.41, 5.74) is 2.03. The van der Waals surface area contributed by atoms with Crippen LogP contribution in [0.1, 0.15) is 12.5 Å². The zero-order valence-electron chi connectivity index (χ0n) is 11.6. The molecule has 9 heteroatoms. The fourth-order valence-corrected chi connectivity index (χ4v) is 1.58. The lowest BCUT2D eigenvalue weighted by Crippen LogP contribution is -2.00. The predicted octanol–water partition coefficient (Wildman–Crippen LogP) is 1.57. The minimum absolute atomic E-state index is 0.110. The van der Waals surface area contributed by atoms with Gasteiger partial charge < -0.3 is 15.2 Å². The summed E-state index contributed by atoms with van der Waals surface area (Å²) < 4.78 is 29.6. The van der Waals surface area contributed by atoms with E-state index in [1.54, 1.807) is 20.0 Å². The molecule has 0 unspecified atom stereocenters. The first kappa shape index (κ1) is 19.0. The average Bonchev–Trinajstić information content (AvgIpc) is 2.41. The molecule has 116 valence electrons. The second-order valence-corrected chi connectivity index (χ2v) is 4.37. The van der Waals surface area contributed by atoms with E-state index in [-0.39, 0.29) is 12.1 Å². The molecule has 0 aliphatic rings. The molecule has 0 atom stereocenters. The van der Waals surface area contributed by atoms with Crippen LogP contribution in [0, 0.1) is 0 Å². The Morgan fingerprint density at radius 1 is 1.52 bits per heavy atom. The van der Waals surface area contributed by atoms with Gasteiger partial charge in [-0.05, 0) is 24.6 Å². The van der Waals surface area contributed by atoms with E-state index in [9.17, 15) is 13.2 Å². The zero-order valence-corrected chi connectivity index (χ0v) is 13.2. The molecule has 0 aliphatic heterocycles. The number of hydrogen-bond donors (Lipinski definition) is 2. The molecular weight excluding hydrogens is 316 g/mol. The number of carboxylic acid groups (broad SMARTS) is 1. The van der Waals surface area contributed by atoms with Crippen molar-refractivity contribution >= 4 is 39.9 Å². The normalized spacial score (nSPS) is 8.86. The lowest BCUT2D eigenvalue weighted by Gasteiger charge is -2.06. The van der Waals surface area contributed by atoms with Gasteiger partial charge in [-0.1, -0.05) is 18.3 Å². The lowest BCUT2D eigenvalue weighted by atomic mass is 10.1. The molecule has 0 radical (unpaired) electrons. The highest BCUT2D eigenvalue weighted by molar-refractivity contribution is 7.78. The first-order valence-corrected chi connectivity index (χ1v) is 7.34. The smallest absolute Gasteiger partial charge is 0.316 e. The van der Waals surface area contributed by atoms with Crippen molar-refractivity contribution in [2.75, 3.05) is 13.7 Å². The van der Waals surface area contributed by atoms with Crippen molar-refractivity contribution in [3.63, 3.8) is 0 Å². The van der Waals surface area contributed by atoms with Crippen LogP contribution < -0.4 is 10.1 Å². The van der Waals surface area contributed by atoms with Crippen molar-refractivity contribution in [1.29, 1.82) is 0 Å². The molecular formula is C12H16N2O5S2. The van der Waals surface area contributed by atoms with Crippen LogP contribution in [-0.4, -0.2) is 38.6 Å². The average molecular weight is 332 g/mol. The number of rotatable bonds is 6. The van der Waals surface area contributed by atoms with Crippen molar-refractivity contribution in [1.82, 2.24) is 5.32 Å². The van der Waals surface area contributed by atoms with Crippen LogP contribution in [-0.2, 0) is 21.7 Å². The van der Waals surface area contributed by atoms with Gasteiger partial charge in [-0.3, -0.25) is 4.79 Å². The molecule has 1 aromatic carbocycles. The highest BCUT2D eigenvalue weighted by Gasteiger charge is 2.07. The quantitative estimate of drug-likeness (QED) is 0.762.